The number of halogens is 2. The van der Waals surface area contributed by atoms with E-state index in [-0.39, 0.29) is 22.5 Å². The summed E-state index contributed by atoms with van der Waals surface area (Å²) in [5.74, 6) is -0.728. The van der Waals surface area contributed by atoms with Crippen LogP contribution in [0.1, 0.15) is 30.1 Å². The standard InChI is InChI=1S/C14H18ClFN2O/c1-2-8-18(10-6-7-17-9-10)14(19)11-4-3-5-12(16)13(11)15/h3-5,10,17H,2,6-9H2,1H3. The molecule has 2 rings (SSSR count). The molecule has 1 aromatic carbocycles. The number of carbonyl (C=O) groups is 1. The number of benzene rings is 1. The molecule has 19 heavy (non-hydrogen) atoms. The van der Waals surface area contributed by atoms with Gasteiger partial charge in [0.25, 0.3) is 5.91 Å². The smallest absolute Gasteiger partial charge is 0.255 e. The SMILES string of the molecule is CCCN(C(=O)c1cccc(F)c1Cl)C1CCNC1. The molecule has 0 aliphatic carbocycles. The summed E-state index contributed by atoms with van der Waals surface area (Å²) in [6.45, 7) is 4.39. The van der Waals surface area contributed by atoms with Crippen molar-refractivity contribution >= 4 is 17.5 Å². The number of nitrogens with one attached hydrogen (secondary N) is 1. The van der Waals surface area contributed by atoms with Gasteiger partial charge in [-0.05, 0) is 31.5 Å². The van der Waals surface area contributed by atoms with Gasteiger partial charge in [-0.15, -0.1) is 0 Å². The van der Waals surface area contributed by atoms with E-state index in [1.807, 2.05) is 6.92 Å². The summed E-state index contributed by atoms with van der Waals surface area (Å²) in [6.07, 6.45) is 1.80. The van der Waals surface area contributed by atoms with Gasteiger partial charge in [0.1, 0.15) is 5.82 Å². The summed E-state index contributed by atoms with van der Waals surface area (Å²) in [5, 5.41) is 3.16. The molecule has 1 aliphatic heterocycles. The van der Waals surface area contributed by atoms with Gasteiger partial charge in [0.05, 0.1) is 10.6 Å². The number of carbonyl (C=O) groups excluding carboxylic acids is 1. The minimum absolute atomic E-state index is 0.0837. The molecule has 104 valence electrons. The zero-order chi connectivity index (χ0) is 13.8. The summed E-state index contributed by atoms with van der Waals surface area (Å²) in [7, 11) is 0. The molecule has 1 heterocycles. The molecule has 1 unspecified atom stereocenters. The van der Waals surface area contributed by atoms with Crippen molar-refractivity contribution in [3.8, 4) is 0 Å². The molecule has 3 nitrogen and oxygen atoms in total. The summed E-state index contributed by atoms with van der Waals surface area (Å²) < 4.78 is 13.5. The highest BCUT2D eigenvalue weighted by Gasteiger charge is 2.28. The van der Waals surface area contributed by atoms with Gasteiger partial charge in [0.15, 0.2) is 0 Å². The second-order valence-corrected chi connectivity index (χ2v) is 5.12. The molecule has 1 aliphatic rings. The molecule has 1 N–H and O–H groups in total. The molecule has 0 radical (unpaired) electrons. The first-order valence-corrected chi connectivity index (χ1v) is 6.98. The largest absolute Gasteiger partial charge is 0.334 e. The molecule has 0 saturated carbocycles. The lowest BCUT2D eigenvalue weighted by atomic mass is 10.1. The Hall–Kier alpha value is -1.13. The van der Waals surface area contributed by atoms with E-state index in [1.165, 1.54) is 12.1 Å². The first kappa shape index (κ1) is 14.3. The van der Waals surface area contributed by atoms with Gasteiger partial charge >= 0.3 is 0 Å². The molecule has 1 amide bonds. The Kier molecular flexibility index (Phi) is 4.77. The van der Waals surface area contributed by atoms with Crippen LogP contribution in [-0.2, 0) is 0 Å². The minimum Gasteiger partial charge on any atom is -0.334 e. The van der Waals surface area contributed by atoms with Crippen molar-refractivity contribution < 1.29 is 9.18 Å². The fourth-order valence-electron chi connectivity index (χ4n) is 2.42. The van der Waals surface area contributed by atoms with Gasteiger partial charge in [-0.25, -0.2) is 4.39 Å². The fourth-order valence-corrected chi connectivity index (χ4v) is 2.63. The molecular weight excluding hydrogens is 267 g/mol. The van der Waals surface area contributed by atoms with E-state index in [4.69, 9.17) is 11.6 Å². The van der Waals surface area contributed by atoms with E-state index in [0.717, 1.165) is 25.9 Å². The Morgan fingerprint density at radius 2 is 2.37 bits per heavy atom. The van der Waals surface area contributed by atoms with Gasteiger partial charge < -0.3 is 10.2 Å². The average Bonchev–Trinajstić information content (AvgIpc) is 2.92. The second-order valence-electron chi connectivity index (χ2n) is 4.75. The minimum atomic E-state index is -0.548. The van der Waals surface area contributed by atoms with Crippen LogP contribution in [0.4, 0.5) is 4.39 Å². The van der Waals surface area contributed by atoms with Gasteiger partial charge in [0.2, 0.25) is 0 Å². The fraction of sp³-hybridized carbons (Fsp3) is 0.500. The number of amides is 1. The van der Waals surface area contributed by atoms with E-state index in [9.17, 15) is 9.18 Å². The Morgan fingerprint density at radius 3 is 3.00 bits per heavy atom. The molecule has 1 fully saturated rings. The van der Waals surface area contributed by atoms with E-state index >= 15 is 0 Å². The van der Waals surface area contributed by atoms with Crippen LogP contribution in [0.2, 0.25) is 5.02 Å². The number of hydrogen-bond acceptors (Lipinski definition) is 2. The average molecular weight is 285 g/mol. The van der Waals surface area contributed by atoms with E-state index in [0.29, 0.717) is 6.54 Å². The molecule has 0 bridgehead atoms. The van der Waals surface area contributed by atoms with Crippen molar-refractivity contribution in [2.45, 2.75) is 25.8 Å². The monoisotopic (exact) mass is 284 g/mol. The molecule has 1 saturated heterocycles. The maximum Gasteiger partial charge on any atom is 0.255 e. The third kappa shape index (κ3) is 3.07. The quantitative estimate of drug-likeness (QED) is 0.922. The van der Waals surface area contributed by atoms with Crippen LogP contribution in [0, 0.1) is 5.82 Å². The predicted molar refractivity (Wildman–Crippen MR) is 74.0 cm³/mol. The molecule has 5 heteroatoms. The van der Waals surface area contributed by atoms with Crippen LogP contribution in [0.5, 0.6) is 0 Å². The van der Waals surface area contributed by atoms with Crippen molar-refractivity contribution in [2.24, 2.45) is 0 Å². The van der Waals surface area contributed by atoms with Crippen LogP contribution >= 0.6 is 11.6 Å². The lowest BCUT2D eigenvalue weighted by molar-refractivity contribution is 0.0692. The Balaban J connectivity index is 2.25. The topological polar surface area (TPSA) is 32.3 Å². The maximum atomic E-state index is 13.5. The Morgan fingerprint density at radius 1 is 1.58 bits per heavy atom. The Labute approximate surface area is 117 Å². The van der Waals surface area contributed by atoms with Crippen molar-refractivity contribution in [1.29, 1.82) is 0 Å². The maximum absolute atomic E-state index is 13.5. The van der Waals surface area contributed by atoms with Crippen LogP contribution in [0.25, 0.3) is 0 Å². The van der Waals surface area contributed by atoms with E-state index < -0.39 is 5.82 Å². The second kappa shape index (κ2) is 6.35. The first-order valence-electron chi connectivity index (χ1n) is 6.60. The summed E-state index contributed by atoms with van der Waals surface area (Å²) >= 11 is 5.90. The van der Waals surface area contributed by atoms with Crippen molar-refractivity contribution in [1.82, 2.24) is 10.2 Å². The van der Waals surface area contributed by atoms with Crippen molar-refractivity contribution in [2.75, 3.05) is 19.6 Å². The number of nitrogens with zero attached hydrogens (tertiary/aromatic N) is 1. The van der Waals surface area contributed by atoms with Crippen LogP contribution < -0.4 is 5.32 Å². The molecular formula is C14H18ClFN2O. The van der Waals surface area contributed by atoms with Gasteiger partial charge in [0, 0.05) is 19.1 Å². The lowest BCUT2D eigenvalue weighted by Gasteiger charge is -2.28. The highest BCUT2D eigenvalue weighted by Crippen LogP contribution is 2.23. The van der Waals surface area contributed by atoms with Crippen LogP contribution in [-0.4, -0.2) is 36.5 Å². The molecule has 0 spiro atoms. The Bertz CT molecular complexity index is 461. The van der Waals surface area contributed by atoms with Crippen LogP contribution in [0.3, 0.4) is 0 Å². The number of rotatable bonds is 4. The van der Waals surface area contributed by atoms with E-state index in [1.54, 1.807) is 11.0 Å². The highest BCUT2D eigenvalue weighted by molar-refractivity contribution is 6.34. The van der Waals surface area contributed by atoms with E-state index in [2.05, 4.69) is 5.32 Å². The van der Waals surface area contributed by atoms with Gasteiger partial charge in [-0.2, -0.15) is 0 Å². The van der Waals surface area contributed by atoms with Gasteiger partial charge in [-0.1, -0.05) is 24.6 Å². The summed E-state index contributed by atoms with van der Waals surface area (Å²) in [6, 6.07) is 4.54. The zero-order valence-electron chi connectivity index (χ0n) is 11.0. The molecule has 0 aromatic heterocycles. The zero-order valence-corrected chi connectivity index (χ0v) is 11.7. The van der Waals surface area contributed by atoms with Crippen LogP contribution in [0.15, 0.2) is 18.2 Å². The number of hydrogen-bond donors (Lipinski definition) is 1. The predicted octanol–water partition coefficient (Wildman–Crippen LogP) is 2.69. The normalized spacial score (nSPS) is 18.6. The first-order chi connectivity index (χ1) is 9.15. The van der Waals surface area contributed by atoms with Gasteiger partial charge in [-0.3, -0.25) is 4.79 Å². The third-order valence-electron chi connectivity index (χ3n) is 3.38. The lowest BCUT2D eigenvalue weighted by Crippen LogP contribution is -2.42. The van der Waals surface area contributed by atoms with Crippen molar-refractivity contribution in [3.05, 3.63) is 34.6 Å². The summed E-state index contributed by atoms with van der Waals surface area (Å²) in [4.78, 5) is 14.3. The summed E-state index contributed by atoms with van der Waals surface area (Å²) in [5.41, 5.74) is 0.252. The molecule has 1 atom stereocenters. The third-order valence-corrected chi connectivity index (χ3v) is 3.77. The van der Waals surface area contributed by atoms with Crippen molar-refractivity contribution in [3.63, 3.8) is 0 Å². The molecule has 1 aromatic rings. The highest BCUT2D eigenvalue weighted by atomic mass is 35.5.